The van der Waals surface area contributed by atoms with Crippen molar-refractivity contribution in [1.82, 2.24) is 10.3 Å². The largest absolute Gasteiger partial charge is 0.485 e. The first kappa shape index (κ1) is 17.6. The van der Waals surface area contributed by atoms with Crippen LogP contribution in [-0.2, 0) is 0 Å². The predicted octanol–water partition coefficient (Wildman–Crippen LogP) is 4.80. The molecule has 1 atom stereocenters. The Morgan fingerprint density at radius 3 is 2.82 bits per heavy atom. The molecule has 0 saturated heterocycles. The Morgan fingerprint density at radius 2 is 1.93 bits per heavy atom. The Kier molecular flexibility index (Phi) is 4.69. The lowest BCUT2D eigenvalue weighted by Gasteiger charge is -2.32. The summed E-state index contributed by atoms with van der Waals surface area (Å²) in [6.07, 6.45) is 6.78. The molecule has 0 spiro atoms. The van der Waals surface area contributed by atoms with Crippen molar-refractivity contribution in [2.75, 3.05) is 18.4 Å². The number of benzene rings is 2. The average Bonchev–Trinajstić information content (AvgIpc) is 3.15. The van der Waals surface area contributed by atoms with Crippen LogP contribution < -0.4 is 15.4 Å². The zero-order valence-corrected chi connectivity index (χ0v) is 15.9. The summed E-state index contributed by atoms with van der Waals surface area (Å²) < 4.78 is 19.8. The maximum atomic E-state index is 13.7. The SMILES string of the molecule is Fc1ccc2[nH]cc([C@H]3CC[C@H](NCC4CNc5ccccc5O4)CC3)c2c1. The number of aromatic amines is 1. The summed E-state index contributed by atoms with van der Waals surface area (Å²) in [7, 11) is 0. The number of nitrogens with one attached hydrogen (secondary N) is 3. The first-order chi connectivity index (χ1) is 13.8. The van der Waals surface area contributed by atoms with Crippen LogP contribution in [0.3, 0.4) is 0 Å². The molecule has 2 aliphatic rings. The van der Waals surface area contributed by atoms with Gasteiger partial charge in [0.1, 0.15) is 17.7 Å². The Bertz CT molecular complexity index is 961. The van der Waals surface area contributed by atoms with E-state index in [-0.39, 0.29) is 11.9 Å². The van der Waals surface area contributed by atoms with Crippen LogP contribution >= 0.6 is 0 Å². The normalized spacial score (nSPS) is 24.4. The number of hydrogen-bond acceptors (Lipinski definition) is 3. The molecule has 1 unspecified atom stereocenters. The first-order valence-electron chi connectivity index (χ1n) is 10.3. The van der Waals surface area contributed by atoms with Gasteiger partial charge < -0.3 is 20.4 Å². The Morgan fingerprint density at radius 1 is 1.07 bits per heavy atom. The fourth-order valence-corrected chi connectivity index (χ4v) is 4.63. The van der Waals surface area contributed by atoms with Crippen LogP contribution in [0.2, 0.25) is 0 Å². The van der Waals surface area contributed by atoms with E-state index in [0.29, 0.717) is 12.0 Å². The van der Waals surface area contributed by atoms with E-state index in [2.05, 4.69) is 27.9 Å². The molecule has 1 fully saturated rings. The summed E-state index contributed by atoms with van der Waals surface area (Å²) in [5.41, 5.74) is 3.37. The van der Waals surface area contributed by atoms with Crippen LogP contribution in [0, 0.1) is 5.82 Å². The van der Waals surface area contributed by atoms with Crippen molar-refractivity contribution in [1.29, 1.82) is 0 Å². The van der Waals surface area contributed by atoms with E-state index in [0.717, 1.165) is 61.1 Å². The smallest absolute Gasteiger partial charge is 0.142 e. The van der Waals surface area contributed by atoms with Gasteiger partial charge in [-0.2, -0.15) is 0 Å². The minimum absolute atomic E-state index is 0.157. The topological polar surface area (TPSA) is 49.1 Å². The summed E-state index contributed by atoms with van der Waals surface area (Å²) in [5.74, 6) is 1.29. The van der Waals surface area contributed by atoms with Gasteiger partial charge in [-0.3, -0.25) is 0 Å². The van der Waals surface area contributed by atoms with Gasteiger partial charge in [-0.05, 0) is 67.5 Å². The molecule has 1 aliphatic carbocycles. The van der Waals surface area contributed by atoms with Crippen molar-refractivity contribution in [2.45, 2.75) is 43.7 Å². The molecule has 3 aromatic rings. The van der Waals surface area contributed by atoms with Gasteiger partial charge >= 0.3 is 0 Å². The number of H-pyrrole nitrogens is 1. The summed E-state index contributed by atoms with van der Waals surface area (Å²) in [4.78, 5) is 3.29. The molecule has 146 valence electrons. The van der Waals surface area contributed by atoms with Crippen molar-refractivity contribution in [3.05, 3.63) is 60.0 Å². The number of rotatable bonds is 4. The molecule has 3 N–H and O–H groups in total. The molecule has 2 heterocycles. The molecule has 28 heavy (non-hydrogen) atoms. The zero-order chi connectivity index (χ0) is 18.9. The summed E-state index contributed by atoms with van der Waals surface area (Å²) in [6, 6.07) is 13.6. The quantitative estimate of drug-likeness (QED) is 0.610. The fraction of sp³-hybridized carbons (Fsp3) is 0.391. The second-order valence-corrected chi connectivity index (χ2v) is 8.01. The summed E-state index contributed by atoms with van der Waals surface area (Å²) in [6.45, 7) is 1.69. The fourth-order valence-electron chi connectivity index (χ4n) is 4.63. The lowest BCUT2D eigenvalue weighted by Crippen LogP contribution is -2.44. The second kappa shape index (κ2) is 7.47. The monoisotopic (exact) mass is 379 g/mol. The van der Waals surface area contributed by atoms with E-state index in [1.807, 2.05) is 24.3 Å². The number of para-hydroxylation sites is 2. The van der Waals surface area contributed by atoms with E-state index in [9.17, 15) is 4.39 Å². The van der Waals surface area contributed by atoms with Crippen LogP contribution in [0.1, 0.15) is 37.2 Å². The van der Waals surface area contributed by atoms with Gasteiger partial charge in [0, 0.05) is 29.7 Å². The van der Waals surface area contributed by atoms with Crippen LogP contribution in [0.4, 0.5) is 10.1 Å². The minimum atomic E-state index is -0.161. The summed E-state index contributed by atoms with van der Waals surface area (Å²) >= 11 is 0. The van der Waals surface area contributed by atoms with Gasteiger partial charge in [-0.25, -0.2) is 4.39 Å². The average molecular weight is 379 g/mol. The third kappa shape index (κ3) is 3.47. The highest BCUT2D eigenvalue weighted by molar-refractivity contribution is 5.83. The molecule has 4 nitrogen and oxygen atoms in total. The molecular weight excluding hydrogens is 353 g/mol. The van der Waals surface area contributed by atoms with Gasteiger partial charge in [-0.1, -0.05) is 12.1 Å². The van der Waals surface area contributed by atoms with Crippen LogP contribution in [0.25, 0.3) is 10.9 Å². The highest BCUT2D eigenvalue weighted by atomic mass is 19.1. The van der Waals surface area contributed by atoms with Crippen LogP contribution in [0.15, 0.2) is 48.7 Å². The predicted molar refractivity (Wildman–Crippen MR) is 111 cm³/mol. The molecule has 0 bridgehead atoms. The van der Waals surface area contributed by atoms with Crippen molar-refractivity contribution >= 4 is 16.6 Å². The lowest BCUT2D eigenvalue weighted by atomic mass is 9.81. The van der Waals surface area contributed by atoms with Gasteiger partial charge in [0.15, 0.2) is 0 Å². The highest BCUT2D eigenvalue weighted by Crippen LogP contribution is 2.37. The minimum Gasteiger partial charge on any atom is -0.485 e. The van der Waals surface area contributed by atoms with E-state index in [1.165, 1.54) is 11.6 Å². The van der Waals surface area contributed by atoms with Crippen LogP contribution in [-0.4, -0.2) is 30.2 Å². The molecule has 1 aromatic heterocycles. The second-order valence-electron chi connectivity index (χ2n) is 8.01. The Balaban J connectivity index is 1.15. The van der Waals surface area contributed by atoms with Gasteiger partial charge in [0.25, 0.3) is 0 Å². The third-order valence-electron chi connectivity index (χ3n) is 6.18. The number of ether oxygens (including phenoxy) is 1. The van der Waals surface area contributed by atoms with E-state index in [1.54, 1.807) is 6.07 Å². The third-order valence-corrected chi connectivity index (χ3v) is 6.18. The maximum Gasteiger partial charge on any atom is 0.142 e. The van der Waals surface area contributed by atoms with Crippen molar-refractivity contribution in [3.63, 3.8) is 0 Å². The number of aromatic nitrogens is 1. The molecule has 1 aliphatic heterocycles. The van der Waals surface area contributed by atoms with E-state index in [4.69, 9.17) is 4.74 Å². The maximum absolute atomic E-state index is 13.7. The number of hydrogen-bond donors (Lipinski definition) is 3. The van der Waals surface area contributed by atoms with Gasteiger partial charge in [0.05, 0.1) is 12.2 Å². The number of halogens is 1. The zero-order valence-electron chi connectivity index (χ0n) is 15.9. The van der Waals surface area contributed by atoms with E-state index < -0.39 is 0 Å². The Labute approximate surface area is 164 Å². The van der Waals surface area contributed by atoms with Crippen molar-refractivity contribution < 1.29 is 9.13 Å². The number of anilines is 1. The van der Waals surface area contributed by atoms with Crippen LogP contribution in [0.5, 0.6) is 5.75 Å². The first-order valence-corrected chi connectivity index (χ1v) is 10.3. The van der Waals surface area contributed by atoms with Crippen molar-refractivity contribution in [2.24, 2.45) is 0 Å². The van der Waals surface area contributed by atoms with E-state index >= 15 is 0 Å². The molecule has 1 saturated carbocycles. The molecular formula is C23H26FN3O. The highest BCUT2D eigenvalue weighted by Gasteiger charge is 2.26. The lowest BCUT2D eigenvalue weighted by molar-refractivity contribution is 0.190. The molecule has 2 aromatic carbocycles. The summed E-state index contributed by atoms with van der Waals surface area (Å²) in [5, 5.41) is 8.19. The molecule has 0 radical (unpaired) electrons. The van der Waals surface area contributed by atoms with Crippen molar-refractivity contribution in [3.8, 4) is 5.75 Å². The van der Waals surface area contributed by atoms with Gasteiger partial charge in [-0.15, -0.1) is 0 Å². The molecule has 5 heteroatoms. The standard InChI is InChI=1S/C23H26FN3O/c24-16-7-10-21-19(11-16)20(14-27-21)15-5-8-17(9-6-15)25-12-18-13-26-22-3-1-2-4-23(22)28-18/h1-4,7,10-11,14-15,17-18,25-27H,5-6,8-9,12-13H2/t15-,17-,18?. The number of fused-ring (bicyclic) bond motifs is 2. The molecule has 0 amide bonds. The van der Waals surface area contributed by atoms with Gasteiger partial charge in [0.2, 0.25) is 0 Å². The molecule has 5 rings (SSSR count). The Hall–Kier alpha value is -2.53.